The molecular formula is C25H36ClN. The summed E-state index contributed by atoms with van der Waals surface area (Å²) < 4.78 is 0. The van der Waals surface area contributed by atoms with Gasteiger partial charge in [0.25, 0.3) is 0 Å². The fraction of sp³-hybridized carbons (Fsp3) is 0.720. The number of hydrogen-bond acceptors (Lipinski definition) is 1. The summed E-state index contributed by atoms with van der Waals surface area (Å²) in [5, 5.41) is 9.75. The third kappa shape index (κ3) is 4.89. The number of benzene rings is 1. The molecule has 0 radical (unpaired) electrons. The smallest absolute Gasteiger partial charge is 0.101 e. The lowest BCUT2D eigenvalue weighted by atomic mass is 9.51. The van der Waals surface area contributed by atoms with Crippen molar-refractivity contribution in [2.45, 2.75) is 109 Å². The third-order valence-electron chi connectivity index (χ3n) is 7.66. The van der Waals surface area contributed by atoms with Crippen LogP contribution in [0.5, 0.6) is 0 Å². The van der Waals surface area contributed by atoms with E-state index in [1.807, 2.05) is 6.07 Å². The highest BCUT2D eigenvalue weighted by Crippen LogP contribution is 2.59. The zero-order chi connectivity index (χ0) is 19.2. The number of fused-ring (bicyclic) bond motifs is 3. The van der Waals surface area contributed by atoms with Gasteiger partial charge in [0, 0.05) is 0 Å². The summed E-state index contributed by atoms with van der Waals surface area (Å²) >= 11 is 6.32. The Labute approximate surface area is 171 Å². The molecule has 3 aliphatic carbocycles. The van der Waals surface area contributed by atoms with Gasteiger partial charge in [0.05, 0.1) is 10.6 Å². The summed E-state index contributed by atoms with van der Waals surface area (Å²) in [4.78, 5) is 0. The lowest BCUT2D eigenvalue weighted by Crippen LogP contribution is -2.44. The van der Waals surface area contributed by atoms with E-state index >= 15 is 0 Å². The first kappa shape index (κ1) is 20.7. The predicted molar refractivity (Wildman–Crippen MR) is 115 cm³/mol. The van der Waals surface area contributed by atoms with Crippen molar-refractivity contribution in [2.75, 3.05) is 0 Å². The molecule has 2 bridgehead atoms. The van der Waals surface area contributed by atoms with E-state index < -0.39 is 0 Å². The average Bonchev–Trinajstić information content (AvgIpc) is 2.71. The lowest BCUT2D eigenvalue weighted by Gasteiger charge is -2.54. The van der Waals surface area contributed by atoms with Gasteiger partial charge in [-0.15, -0.1) is 0 Å². The summed E-state index contributed by atoms with van der Waals surface area (Å²) in [6, 6.07) is 8.36. The van der Waals surface area contributed by atoms with Gasteiger partial charge in [-0.2, -0.15) is 5.26 Å². The number of nitrogens with zero attached hydrogens (tertiary/aromatic N) is 1. The van der Waals surface area contributed by atoms with Gasteiger partial charge in [0.2, 0.25) is 0 Å². The van der Waals surface area contributed by atoms with Gasteiger partial charge in [0.1, 0.15) is 6.07 Å². The molecule has 3 fully saturated rings. The second kappa shape index (κ2) is 9.47. The van der Waals surface area contributed by atoms with Crippen LogP contribution < -0.4 is 0 Å². The Bertz CT molecular complexity index is 632. The highest BCUT2D eigenvalue weighted by atomic mass is 35.5. The van der Waals surface area contributed by atoms with E-state index in [0.717, 1.165) is 0 Å². The van der Waals surface area contributed by atoms with Crippen molar-refractivity contribution in [1.82, 2.24) is 0 Å². The Morgan fingerprint density at radius 1 is 0.889 bits per heavy atom. The molecule has 0 unspecified atom stereocenters. The van der Waals surface area contributed by atoms with Crippen LogP contribution in [-0.2, 0) is 5.41 Å². The fourth-order valence-electron chi connectivity index (χ4n) is 5.64. The van der Waals surface area contributed by atoms with Crippen LogP contribution in [0, 0.1) is 16.7 Å². The molecule has 0 saturated heterocycles. The van der Waals surface area contributed by atoms with E-state index in [0.29, 0.717) is 21.4 Å². The minimum Gasteiger partial charge on any atom is -0.192 e. The van der Waals surface area contributed by atoms with Gasteiger partial charge in [-0.1, -0.05) is 76.0 Å². The molecular weight excluding hydrogens is 350 g/mol. The zero-order valence-corrected chi connectivity index (χ0v) is 17.9. The van der Waals surface area contributed by atoms with E-state index in [-0.39, 0.29) is 0 Å². The summed E-state index contributed by atoms with van der Waals surface area (Å²) in [7, 11) is 0. The summed E-state index contributed by atoms with van der Waals surface area (Å²) in [6.07, 6.45) is 20.9. The highest BCUT2D eigenvalue weighted by Gasteiger charge is 2.48. The van der Waals surface area contributed by atoms with E-state index in [1.54, 1.807) is 0 Å². The molecule has 0 heterocycles. The maximum Gasteiger partial charge on any atom is 0.101 e. The highest BCUT2D eigenvalue weighted by molar-refractivity contribution is 6.31. The van der Waals surface area contributed by atoms with Gasteiger partial charge in [-0.3, -0.25) is 0 Å². The molecule has 148 valence electrons. The number of hydrogen-bond donors (Lipinski definition) is 0. The summed E-state index contributed by atoms with van der Waals surface area (Å²) in [6.45, 7) is 2.29. The van der Waals surface area contributed by atoms with Crippen molar-refractivity contribution in [2.24, 2.45) is 5.41 Å². The monoisotopic (exact) mass is 385 g/mol. The van der Waals surface area contributed by atoms with Crippen LogP contribution in [0.1, 0.15) is 114 Å². The molecule has 2 heteroatoms. The van der Waals surface area contributed by atoms with Crippen LogP contribution in [0.4, 0.5) is 0 Å². The fourth-order valence-corrected chi connectivity index (χ4v) is 5.86. The quantitative estimate of drug-likeness (QED) is 0.371. The molecule has 0 N–H and O–H groups in total. The van der Waals surface area contributed by atoms with Gasteiger partial charge in [-0.05, 0) is 73.5 Å². The standard InChI is InChI=1S/C25H36ClN/c1-2-3-4-5-6-7-8-9-12-24-13-16-25(17-14-24,18-15-24)22-11-10-21(20-27)23(26)19-22/h10-11,19H,2-9,12-18H2,1H3. The van der Waals surface area contributed by atoms with Crippen LogP contribution in [-0.4, -0.2) is 0 Å². The van der Waals surface area contributed by atoms with E-state index in [4.69, 9.17) is 16.9 Å². The van der Waals surface area contributed by atoms with Crippen molar-refractivity contribution in [3.63, 3.8) is 0 Å². The average molecular weight is 386 g/mol. The van der Waals surface area contributed by atoms with Gasteiger partial charge < -0.3 is 0 Å². The minimum atomic E-state index is 0.332. The number of rotatable bonds is 10. The van der Waals surface area contributed by atoms with E-state index in [9.17, 15) is 0 Å². The van der Waals surface area contributed by atoms with Crippen molar-refractivity contribution in [3.8, 4) is 6.07 Å². The molecule has 1 aromatic rings. The summed E-state index contributed by atoms with van der Waals surface area (Å²) in [5.41, 5.74) is 2.96. The Morgan fingerprint density at radius 3 is 2.04 bits per heavy atom. The Kier molecular flexibility index (Phi) is 7.27. The summed E-state index contributed by atoms with van der Waals surface area (Å²) in [5.74, 6) is 0. The predicted octanol–water partition coefficient (Wildman–Crippen LogP) is 8.33. The first-order valence-corrected chi connectivity index (χ1v) is 11.7. The van der Waals surface area contributed by atoms with Crippen LogP contribution in [0.3, 0.4) is 0 Å². The van der Waals surface area contributed by atoms with Crippen LogP contribution in [0.2, 0.25) is 5.02 Å². The topological polar surface area (TPSA) is 23.8 Å². The van der Waals surface area contributed by atoms with Crippen LogP contribution >= 0.6 is 11.6 Å². The maximum atomic E-state index is 9.12. The third-order valence-corrected chi connectivity index (χ3v) is 7.98. The molecule has 3 saturated carbocycles. The lowest BCUT2D eigenvalue weighted by molar-refractivity contribution is 0.0304. The molecule has 1 nitrogen and oxygen atoms in total. The molecule has 0 amide bonds. The van der Waals surface area contributed by atoms with Gasteiger partial charge in [-0.25, -0.2) is 0 Å². The number of unbranched alkanes of at least 4 members (excludes halogenated alkanes) is 7. The molecule has 1 aromatic carbocycles. The molecule has 0 spiro atoms. The molecule has 0 aromatic heterocycles. The first-order chi connectivity index (χ1) is 13.1. The second-order valence-corrected chi connectivity index (χ2v) is 9.72. The van der Waals surface area contributed by atoms with Crippen molar-refractivity contribution < 1.29 is 0 Å². The van der Waals surface area contributed by atoms with Gasteiger partial charge in [0.15, 0.2) is 0 Å². The number of halogens is 1. The second-order valence-electron chi connectivity index (χ2n) is 9.31. The van der Waals surface area contributed by atoms with E-state index in [1.165, 1.54) is 102 Å². The number of nitriles is 1. The van der Waals surface area contributed by atoms with Crippen molar-refractivity contribution in [3.05, 3.63) is 34.3 Å². The molecule has 3 aliphatic rings. The minimum absolute atomic E-state index is 0.332. The molecule has 0 aliphatic heterocycles. The molecule has 4 rings (SSSR count). The SMILES string of the molecule is CCCCCCCCCCC12CCC(c3ccc(C#N)c(Cl)c3)(CC1)CC2. The Hall–Kier alpha value is -1.00. The largest absolute Gasteiger partial charge is 0.192 e. The molecule has 0 atom stereocenters. The Balaban J connectivity index is 1.45. The zero-order valence-electron chi connectivity index (χ0n) is 17.2. The van der Waals surface area contributed by atoms with Crippen LogP contribution in [0.25, 0.3) is 0 Å². The van der Waals surface area contributed by atoms with Crippen LogP contribution in [0.15, 0.2) is 18.2 Å². The van der Waals surface area contributed by atoms with Crippen molar-refractivity contribution in [1.29, 1.82) is 5.26 Å². The Morgan fingerprint density at radius 2 is 1.48 bits per heavy atom. The van der Waals surface area contributed by atoms with E-state index in [2.05, 4.69) is 25.1 Å². The normalized spacial score (nSPS) is 26.9. The molecule has 27 heavy (non-hydrogen) atoms. The van der Waals surface area contributed by atoms with Crippen molar-refractivity contribution >= 4 is 11.6 Å². The van der Waals surface area contributed by atoms with Gasteiger partial charge >= 0.3 is 0 Å². The first-order valence-electron chi connectivity index (χ1n) is 11.3. The maximum absolute atomic E-state index is 9.12.